The number of rotatable bonds is 6. The first-order valence-corrected chi connectivity index (χ1v) is 8.65. The Kier molecular flexibility index (Phi) is 6.22. The van der Waals surface area contributed by atoms with Crippen LogP contribution in [0, 0.1) is 5.92 Å². The number of anilines is 1. The summed E-state index contributed by atoms with van der Waals surface area (Å²) >= 11 is 0. The quantitative estimate of drug-likeness (QED) is 0.806. The molecule has 4 heteroatoms. The Balaban J connectivity index is 2.11. The van der Waals surface area contributed by atoms with E-state index < -0.39 is 0 Å². The predicted molar refractivity (Wildman–Crippen MR) is 91.3 cm³/mol. The number of piperidine rings is 1. The average Bonchev–Trinajstić information content (AvgIpc) is 2.55. The lowest BCUT2D eigenvalue weighted by Crippen LogP contribution is -2.38. The van der Waals surface area contributed by atoms with Crippen molar-refractivity contribution in [3.05, 3.63) is 24.0 Å². The van der Waals surface area contributed by atoms with Crippen LogP contribution in [0.4, 0.5) is 5.69 Å². The second-order valence-electron chi connectivity index (χ2n) is 6.39. The molecule has 0 N–H and O–H groups in total. The van der Waals surface area contributed by atoms with Crippen LogP contribution in [-0.2, 0) is 0 Å². The van der Waals surface area contributed by atoms with Crippen molar-refractivity contribution in [3.8, 4) is 0 Å². The number of hydrogen-bond acceptors (Lipinski definition) is 3. The molecule has 22 heavy (non-hydrogen) atoms. The fourth-order valence-electron chi connectivity index (χ4n) is 3.02. The van der Waals surface area contributed by atoms with Gasteiger partial charge in [0, 0.05) is 32.4 Å². The molecule has 1 aliphatic rings. The normalized spacial score (nSPS) is 15.9. The number of likely N-dealkylation sites (tertiary alicyclic amines) is 1. The Morgan fingerprint density at radius 3 is 2.45 bits per heavy atom. The van der Waals surface area contributed by atoms with E-state index in [9.17, 15) is 4.79 Å². The third-order valence-electron chi connectivity index (χ3n) is 4.39. The Hall–Kier alpha value is -1.58. The van der Waals surface area contributed by atoms with Gasteiger partial charge >= 0.3 is 0 Å². The zero-order valence-corrected chi connectivity index (χ0v) is 14.2. The molecule has 2 rings (SSSR count). The molecular formula is C18H29N3O. The molecular weight excluding hydrogens is 274 g/mol. The maximum atomic E-state index is 12.7. The van der Waals surface area contributed by atoms with Crippen molar-refractivity contribution in [2.75, 3.05) is 31.1 Å². The summed E-state index contributed by atoms with van der Waals surface area (Å²) in [4.78, 5) is 21.3. The van der Waals surface area contributed by atoms with E-state index in [0.29, 0.717) is 0 Å². The molecule has 1 saturated heterocycles. The third-order valence-corrected chi connectivity index (χ3v) is 4.39. The highest BCUT2D eigenvalue weighted by atomic mass is 16.2. The van der Waals surface area contributed by atoms with E-state index in [4.69, 9.17) is 0 Å². The molecule has 1 fully saturated rings. The van der Waals surface area contributed by atoms with Gasteiger partial charge in [-0.1, -0.05) is 20.8 Å². The maximum absolute atomic E-state index is 12.7. The summed E-state index contributed by atoms with van der Waals surface area (Å²) in [6, 6.07) is 2.01. The molecule has 0 saturated carbocycles. The van der Waals surface area contributed by atoms with E-state index in [1.807, 2.05) is 17.2 Å². The van der Waals surface area contributed by atoms with Crippen LogP contribution in [0.2, 0.25) is 0 Å². The highest BCUT2D eigenvalue weighted by Gasteiger charge is 2.22. The van der Waals surface area contributed by atoms with Crippen LogP contribution in [0.25, 0.3) is 0 Å². The fraction of sp³-hybridized carbons (Fsp3) is 0.667. The van der Waals surface area contributed by atoms with E-state index in [0.717, 1.165) is 69.0 Å². The van der Waals surface area contributed by atoms with E-state index >= 15 is 0 Å². The van der Waals surface area contributed by atoms with Crippen LogP contribution in [0.15, 0.2) is 18.5 Å². The molecule has 0 radical (unpaired) electrons. The van der Waals surface area contributed by atoms with Gasteiger partial charge < -0.3 is 9.80 Å². The first kappa shape index (κ1) is 16.8. The van der Waals surface area contributed by atoms with Gasteiger partial charge in [-0.25, -0.2) is 0 Å². The minimum Gasteiger partial charge on any atom is -0.370 e. The molecule has 0 aliphatic carbocycles. The predicted octanol–water partition coefficient (Wildman–Crippen LogP) is 3.58. The topological polar surface area (TPSA) is 36.4 Å². The smallest absolute Gasteiger partial charge is 0.255 e. The van der Waals surface area contributed by atoms with Crippen molar-refractivity contribution in [3.63, 3.8) is 0 Å². The van der Waals surface area contributed by atoms with Crippen LogP contribution < -0.4 is 4.90 Å². The van der Waals surface area contributed by atoms with E-state index in [2.05, 4.69) is 30.7 Å². The van der Waals surface area contributed by atoms with Crippen LogP contribution >= 0.6 is 0 Å². The standard InChI is InChI=1S/C18H29N3O/c1-4-8-20(9-5-2)17-12-16(13-19-14-17)18(22)21-10-6-15(3)7-11-21/h12-15H,4-11H2,1-3H3. The lowest BCUT2D eigenvalue weighted by molar-refractivity contribution is 0.0697. The van der Waals surface area contributed by atoms with E-state index in [1.54, 1.807) is 6.20 Å². The molecule has 0 spiro atoms. The number of pyridine rings is 1. The molecule has 1 aliphatic heterocycles. The lowest BCUT2D eigenvalue weighted by Gasteiger charge is -2.30. The van der Waals surface area contributed by atoms with Crippen LogP contribution in [0.3, 0.4) is 0 Å². The maximum Gasteiger partial charge on any atom is 0.255 e. The zero-order valence-electron chi connectivity index (χ0n) is 14.2. The summed E-state index contributed by atoms with van der Waals surface area (Å²) in [5, 5.41) is 0. The molecule has 1 aromatic heterocycles. The molecule has 0 unspecified atom stereocenters. The monoisotopic (exact) mass is 303 g/mol. The summed E-state index contributed by atoms with van der Waals surface area (Å²) in [6.45, 7) is 10.4. The van der Waals surface area contributed by atoms with Gasteiger partial charge in [-0.05, 0) is 37.7 Å². The molecule has 4 nitrogen and oxygen atoms in total. The number of nitrogens with zero attached hydrogens (tertiary/aromatic N) is 3. The Morgan fingerprint density at radius 1 is 1.23 bits per heavy atom. The van der Waals surface area contributed by atoms with Gasteiger partial charge in [-0.3, -0.25) is 9.78 Å². The van der Waals surface area contributed by atoms with Gasteiger partial charge in [0.1, 0.15) is 0 Å². The molecule has 1 aromatic rings. The summed E-state index contributed by atoms with van der Waals surface area (Å²) in [5.41, 5.74) is 1.80. The number of carbonyl (C=O) groups is 1. The number of aromatic nitrogens is 1. The first-order valence-electron chi connectivity index (χ1n) is 8.65. The number of hydrogen-bond donors (Lipinski definition) is 0. The summed E-state index contributed by atoms with van der Waals surface area (Å²) in [5.74, 6) is 0.868. The van der Waals surface area contributed by atoms with Crippen molar-refractivity contribution in [1.29, 1.82) is 0 Å². The van der Waals surface area contributed by atoms with Crippen molar-refractivity contribution in [2.24, 2.45) is 5.92 Å². The first-order chi connectivity index (χ1) is 10.7. The molecule has 2 heterocycles. The highest BCUT2D eigenvalue weighted by molar-refractivity contribution is 5.94. The largest absolute Gasteiger partial charge is 0.370 e. The number of amides is 1. The average molecular weight is 303 g/mol. The summed E-state index contributed by atoms with van der Waals surface area (Å²) < 4.78 is 0. The van der Waals surface area contributed by atoms with Crippen LogP contribution in [0.1, 0.15) is 56.8 Å². The van der Waals surface area contributed by atoms with Gasteiger partial charge in [0.05, 0.1) is 17.4 Å². The van der Waals surface area contributed by atoms with E-state index in [-0.39, 0.29) is 5.91 Å². The van der Waals surface area contributed by atoms with Crippen molar-refractivity contribution >= 4 is 11.6 Å². The van der Waals surface area contributed by atoms with E-state index in [1.165, 1.54) is 0 Å². The van der Waals surface area contributed by atoms with Gasteiger partial charge in [0.15, 0.2) is 0 Å². The molecule has 122 valence electrons. The minimum atomic E-state index is 0.134. The van der Waals surface area contributed by atoms with Gasteiger partial charge in [0.2, 0.25) is 0 Å². The van der Waals surface area contributed by atoms with Gasteiger partial charge in [0.25, 0.3) is 5.91 Å². The second kappa shape index (κ2) is 8.16. The Labute approximate surface area is 134 Å². The van der Waals surface area contributed by atoms with Crippen LogP contribution in [0.5, 0.6) is 0 Å². The zero-order chi connectivity index (χ0) is 15.9. The van der Waals surface area contributed by atoms with Crippen molar-refractivity contribution in [2.45, 2.75) is 46.5 Å². The van der Waals surface area contributed by atoms with Crippen molar-refractivity contribution < 1.29 is 4.79 Å². The summed E-state index contributed by atoms with van der Waals surface area (Å²) in [6.07, 6.45) is 8.00. The molecule has 1 amide bonds. The summed E-state index contributed by atoms with van der Waals surface area (Å²) in [7, 11) is 0. The molecule has 0 atom stereocenters. The fourth-order valence-corrected chi connectivity index (χ4v) is 3.02. The van der Waals surface area contributed by atoms with Crippen LogP contribution in [-0.4, -0.2) is 42.0 Å². The SMILES string of the molecule is CCCN(CCC)c1cncc(C(=O)N2CCC(C)CC2)c1. The molecule has 0 aromatic carbocycles. The second-order valence-corrected chi connectivity index (χ2v) is 6.39. The number of carbonyl (C=O) groups excluding carboxylic acids is 1. The highest BCUT2D eigenvalue weighted by Crippen LogP contribution is 2.20. The lowest BCUT2D eigenvalue weighted by atomic mass is 9.99. The van der Waals surface area contributed by atoms with Crippen molar-refractivity contribution in [1.82, 2.24) is 9.88 Å². The molecule has 0 bridgehead atoms. The van der Waals surface area contributed by atoms with Gasteiger partial charge in [-0.2, -0.15) is 0 Å². The Morgan fingerprint density at radius 2 is 1.86 bits per heavy atom. The van der Waals surface area contributed by atoms with Gasteiger partial charge in [-0.15, -0.1) is 0 Å². The third kappa shape index (κ3) is 4.21. The minimum absolute atomic E-state index is 0.134. The Bertz CT molecular complexity index is 475.